The van der Waals surface area contributed by atoms with Crippen molar-refractivity contribution in [3.63, 3.8) is 0 Å². The molecular weight excluding hydrogens is 494 g/mol. The Labute approximate surface area is 229 Å². The molecule has 4 rings (SSSR count). The highest BCUT2D eigenvalue weighted by Gasteiger charge is 2.26. The molecule has 0 radical (unpaired) electrons. The third-order valence-corrected chi connectivity index (χ3v) is 8.43. The van der Waals surface area contributed by atoms with Gasteiger partial charge in [0, 0.05) is 31.7 Å². The zero-order valence-electron chi connectivity index (χ0n) is 22.7. The predicted molar refractivity (Wildman–Crippen MR) is 155 cm³/mol. The summed E-state index contributed by atoms with van der Waals surface area (Å²) in [6, 6.07) is 10.3. The van der Waals surface area contributed by atoms with E-state index in [4.69, 9.17) is 11.4 Å². The zero-order valence-corrected chi connectivity index (χ0v) is 23.5. The summed E-state index contributed by atoms with van der Waals surface area (Å²) < 4.78 is 2.14. The van der Waals surface area contributed by atoms with Gasteiger partial charge >= 0.3 is 0 Å². The fourth-order valence-corrected chi connectivity index (χ4v) is 5.39. The van der Waals surface area contributed by atoms with Gasteiger partial charge in [0.05, 0.1) is 20.8 Å². The number of thiophene rings is 1. The van der Waals surface area contributed by atoms with Crippen molar-refractivity contribution in [2.75, 3.05) is 18.4 Å². The number of amides is 2. The summed E-state index contributed by atoms with van der Waals surface area (Å²) in [6.45, 7) is 14.6. The SMILES string of the molecule is C#Cc1ccc(C(=O)Nc2nc3cc(CN[C@@H](C)C(C)(C)C)ccc3n2[C@@H]2CCCN(C(=O)C=C)CC2)s1. The molecule has 0 bridgehead atoms. The van der Waals surface area contributed by atoms with Gasteiger partial charge in [-0.1, -0.05) is 39.3 Å². The van der Waals surface area contributed by atoms with Crippen LogP contribution in [0, 0.1) is 17.8 Å². The second-order valence-corrected chi connectivity index (χ2v) is 12.1. The number of hydrogen-bond acceptors (Lipinski definition) is 5. The van der Waals surface area contributed by atoms with Crippen LogP contribution in [0.15, 0.2) is 43.0 Å². The van der Waals surface area contributed by atoms with Gasteiger partial charge in [0.15, 0.2) is 0 Å². The number of nitrogens with one attached hydrogen (secondary N) is 2. The Morgan fingerprint density at radius 3 is 2.74 bits per heavy atom. The molecule has 1 aliphatic rings. The van der Waals surface area contributed by atoms with Crippen LogP contribution in [0.2, 0.25) is 0 Å². The molecule has 1 saturated heterocycles. The Morgan fingerprint density at radius 1 is 1.26 bits per heavy atom. The van der Waals surface area contributed by atoms with Crippen molar-refractivity contribution >= 4 is 40.1 Å². The molecule has 3 aromatic rings. The van der Waals surface area contributed by atoms with E-state index in [1.54, 1.807) is 12.1 Å². The molecule has 0 spiro atoms. The molecule has 3 heterocycles. The van der Waals surface area contributed by atoms with E-state index in [2.05, 4.69) is 73.6 Å². The summed E-state index contributed by atoms with van der Waals surface area (Å²) >= 11 is 1.28. The Hall–Kier alpha value is -3.41. The smallest absolute Gasteiger partial charge is 0.268 e. The summed E-state index contributed by atoms with van der Waals surface area (Å²) in [5.74, 6) is 2.83. The highest BCUT2D eigenvalue weighted by molar-refractivity contribution is 7.14. The Kier molecular flexibility index (Phi) is 8.39. The van der Waals surface area contributed by atoms with Crippen LogP contribution in [0.5, 0.6) is 0 Å². The second kappa shape index (κ2) is 11.5. The number of fused-ring (bicyclic) bond motifs is 1. The van der Waals surface area contributed by atoms with Gasteiger partial charge in [0.1, 0.15) is 0 Å². The maximum Gasteiger partial charge on any atom is 0.268 e. The third-order valence-electron chi connectivity index (χ3n) is 7.41. The number of carbonyl (C=O) groups is 2. The molecule has 1 fully saturated rings. The molecule has 2 atom stereocenters. The van der Waals surface area contributed by atoms with E-state index in [-0.39, 0.29) is 23.3 Å². The molecule has 2 aromatic heterocycles. The van der Waals surface area contributed by atoms with Crippen LogP contribution in [-0.4, -0.2) is 45.4 Å². The van der Waals surface area contributed by atoms with Gasteiger partial charge in [-0.2, -0.15) is 0 Å². The molecule has 2 N–H and O–H groups in total. The van der Waals surface area contributed by atoms with E-state index in [9.17, 15) is 9.59 Å². The van der Waals surface area contributed by atoms with Crippen LogP contribution >= 0.6 is 11.3 Å². The van der Waals surface area contributed by atoms with E-state index >= 15 is 0 Å². The molecular formula is C30H37N5O2S. The summed E-state index contributed by atoms with van der Waals surface area (Å²) in [5, 5.41) is 6.66. The van der Waals surface area contributed by atoms with Crippen molar-refractivity contribution in [3.05, 3.63) is 58.3 Å². The van der Waals surface area contributed by atoms with Crippen molar-refractivity contribution in [2.24, 2.45) is 5.41 Å². The largest absolute Gasteiger partial charge is 0.339 e. The normalized spacial score (nSPS) is 17.0. The monoisotopic (exact) mass is 531 g/mol. The third kappa shape index (κ3) is 6.17. The van der Waals surface area contributed by atoms with Crippen LogP contribution in [0.3, 0.4) is 0 Å². The number of anilines is 1. The highest BCUT2D eigenvalue weighted by atomic mass is 32.1. The average molecular weight is 532 g/mol. The number of benzene rings is 1. The van der Waals surface area contributed by atoms with Crippen LogP contribution in [0.4, 0.5) is 5.95 Å². The van der Waals surface area contributed by atoms with Gasteiger partial charge < -0.3 is 14.8 Å². The van der Waals surface area contributed by atoms with E-state index in [0.717, 1.165) is 42.4 Å². The van der Waals surface area contributed by atoms with E-state index < -0.39 is 0 Å². The minimum atomic E-state index is -0.231. The van der Waals surface area contributed by atoms with Crippen LogP contribution in [0.25, 0.3) is 11.0 Å². The number of hydrogen-bond donors (Lipinski definition) is 2. The number of nitrogens with zero attached hydrogens (tertiary/aromatic N) is 3. The molecule has 8 heteroatoms. The highest BCUT2D eigenvalue weighted by Crippen LogP contribution is 2.32. The molecule has 0 unspecified atom stereocenters. The summed E-state index contributed by atoms with van der Waals surface area (Å²) in [5.41, 5.74) is 3.10. The molecule has 7 nitrogen and oxygen atoms in total. The maximum absolute atomic E-state index is 13.1. The lowest BCUT2D eigenvalue weighted by atomic mass is 9.88. The van der Waals surface area contributed by atoms with Gasteiger partial charge in [-0.15, -0.1) is 17.8 Å². The number of aromatic nitrogens is 2. The Morgan fingerprint density at radius 2 is 2.05 bits per heavy atom. The molecule has 0 aliphatic carbocycles. The van der Waals surface area contributed by atoms with Gasteiger partial charge in [-0.25, -0.2) is 4.98 Å². The van der Waals surface area contributed by atoms with E-state index in [1.165, 1.54) is 17.4 Å². The first-order valence-electron chi connectivity index (χ1n) is 13.1. The molecule has 2 amide bonds. The topological polar surface area (TPSA) is 79.3 Å². The average Bonchev–Trinajstić information content (AvgIpc) is 3.43. The summed E-state index contributed by atoms with van der Waals surface area (Å²) in [4.78, 5) is 33.4. The number of carbonyl (C=O) groups excluding carboxylic acids is 2. The zero-order chi connectivity index (χ0) is 27.4. The fourth-order valence-electron chi connectivity index (χ4n) is 4.68. The molecule has 38 heavy (non-hydrogen) atoms. The first kappa shape index (κ1) is 27.6. The van der Waals surface area contributed by atoms with Gasteiger partial charge in [-0.05, 0) is 67.5 Å². The van der Waals surface area contributed by atoms with Gasteiger partial charge in [0.25, 0.3) is 5.91 Å². The van der Waals surface area contributed by atoms with Crippen molar-refractivity contribution in [1.82, 2.24) is 19.8 Å². The summed E-state index contributed by atoms with van der Waals surface area (Å²) in [6.07, 6.45) is 9.38. The van der Waals surface area contributed by atoms with E-state index in [1.807, 2.05) is 4.90 Å². The standard InChI is InChI=1S/C30H37N5O2S/c1-7-23-12-14-26(38-23)28(37)33-29-32-24-18-21(19-31-20(3)30(4,5)6)11-13-25(24)35(29)22-10-9-16-34(17-15-22)27(36)8-2/h1,8,11-14,18,20,22,31H,2,9-10,15-17,19H2,3-6H3,(H,32,33,37)/t20-,22+/m0/s1. The first-order chi connectivity index (χ1) is 18.1. The van der Waals surface area contributed by atoms with Gasteiger partial charge in [0.2, 0.25) is 11.9 Å². The minimum Gasteiger partial charge on any atom is -0.339 e. The lowest BCUT2D eigenvalue weighted by Crippen LogP contribution is -2.37. The Balaban J connectivity index is 1.66. The Bertz CT molecular complexity index is 1370. The number of terminal acetylenes is 1. The quantitative estimate of drug-likeness (QED) is 0.308. The van der Waals surface area contributed by atoms with Crippen molar-refractivity contribution in [1.29, 1.82) is 0 Å². The van der Waals surface area contributed by atoms with Crippen LogP contribution < -0.4 is 10.6 Å². The number of rotatable bonds is 7. The fraction of sp³-hybridized carbons (Fsp3) is 0.433. The lowest BCUT2D eigenvalue weighted by Gasteiger charge is -2.28. The van der Waals surface area contributed by atoms with Crippen LogP contribution in [-0.2, 0) is 11.3 Å². The predicted octanol–water partition coefficient (Wildman–Crippen LogP) is 5.60. The minimum absolute atomic E-state index is 0.0432. The first-order valence-corrected chi connectivity index (χ1v) is 14.0. The molecule has 1 aliphatic heterocycles. The van der Waals surface area contributed by atoms with Crippen molar-refractivity contribution in [2.45, 2.75) is 65.6 Å². The number of imidazole rings is 1. The summed E-state index contributed by atoms with van der Waals surface area (Å²) in [7, 11) is 0. The molecule has 1 aromatic carbocycles. The lowest BCUT2D eigenvalue weighted by molar-refractivity contribution is -0.125. The second-order valence-electron chi connectivity index (χ2n) is 11.0. The maximum atomic E-state index is 13.1. The van der Waals surface area contributed by atoms with Gasteiger partial charge in [-0.3, -0.25) is 14.9 Å². The van der Waals surface area contributed by atoms with E-state index in [0.29, 0.717) is 34.8 Å². The van der Waals surface area contributed by atoms with Crippen molar-refractivity contribution in [3.8, 4) is 12.3 Å². The number of likely N-dealkylation sites (tertiary alicyclic amines) is 1. The van der Waals surface area contributed by atoms with Crippen molar-refractivity contribution < 1.29 is 9.59 Å². The molecule has 0 saturated carbocycles. The van der Waals surface area contributed by atoms with Crippen LogP contribution in [0.1, 0.15) is 73.1 Å². The molecule has 200 valence electrons.